The number of hydrogen-bond acceptors (Lipinski definition) is 4. The van der Waals surface area contributed by atoms with Gasteiger partial charge in [-0.1, -0.05) is 23.8 Å². The van der Waals surface area contributed by atoms with Gasteiger partial charge in [0.25, 0.3) is 0 Å². The summed E-state index contributed by atoms with van der Waals surface area (Å²) in [6.45, 7) is 11.3. The van der Waals surface area contributed by atoms with Crippen molar-refractivity contribution in [1.82, 2.24) is 24.6 Å². The number of rotatable bonds is 5. The fourth-order valence-electron chi connectivity index (χ4n) is 4.94. The second-order valence-electron chi connectivity index (χ2n) is 8.68. The van der Waals surface area contributed by atoms with Crippen LogP contribution < -0.4 is 0 Å². The van der Waals surface area contributed by atoms with E-state index in [1.165, 1.54) is 12.4 Å². The van der Waals surface area contributed by atoms with Crippen molar-refractivity contribution in [2.45, 2.75) is 25.2 Å². The van der Waals surface area contributed by atoms with Gasteiger partial charge in [-0.05, 0) is 48.1 Å². The fraction of sp³-hybridized carbons (Fsp3) is 0.360. The van der Waals surface area contributed by atoms with Gasteiger partial charge >= 0.3 is 0 Å². The summed E-state index contributed by atoms with van der Waals surface area (Å²) in [5.74, 6) is 0.0583. The molecule has 5 rings (SSSR count). The summed E-state index contributed by atoms with van der Waals surface area (Å²) in [5, 5.41) is 4.12. The Labute approximate surface area is 192 Å². The highest BCUT2D eigenvalue weighted by Crippen LogP contribution is 2.40. The average Bonchev–Trinajstić information content (AvgIpc) is 3.51. The molecule has 0 bridgehead atoms. The molecule has 1 amide bonds. The van der Waals surface area contributed by atoms with Crippen LogP contribution in [-0.2, 0) is 17.6 Å². The van der Waals surface area contributed by atoms with Crippen LogP contribution in [-0.4, -0.2) is 63.2 Å². The molecule has 1 aliphatic carbocycles. The van der Waals surface area contributed by atoms with Crippen molar-refractivity contribution in [2.75, 3.05) is 32.7 Å². The Bertz CT molecular complexity index is 1180. The van der Waals surface area contributed by atoms with E-state index in [1.54, 1.807) is 11.0 Å². The quantitative estimate of drug-likeness (QED) is 0.566. The molecule has 8 heteroatoms. The van der Waals surface area contributed by atoms with Gasteiger partial charge in [-0.2, -0.15) is 5.10 Å². The summed E-state index contributed by atoms with van der Waals surface area (Å²) < 4.78 is 15.6. The molecular formula is C25H25FN6O. The molecule has 0 spiro atoms. The van der Waals surface area contributed by atoms with Crippen LogP contribution in [0.5, 0.6) is 0 Å². The van der Waals surface area contributed by atoms with Gasteiger partial charge in [0.1, 0.15) is 18.5 Å². The largest absolute Gasteiger partial charge is 0.340 e. The van der Waals surface area contributed by atoms with E-state index in [4.69, 9.17) is 6.57 Å². The zero-order valence-corrected chi connectivity index (χ0v) is 18.3. The normalized spacial score (nSPS) is 18.2. The minimum Gasteiger partial charge on any atom is -0.340 e. The summed E-state index contributed by atoms with van der Waals surface area (Å²) in [6, 6.07) is 11.1. The minimum absolute atomic E-state index is 0.145. The van der Waals surface area contributed by atoms with E-state index in [0.717, 1.165) is 54.9 Å². The number of fused-ring (bicyclic) bond motifs is 1. The van der Waals surface area contributed by atoms with E-state index in [2.05, 4.69) is 19.8 Å². The number of hydrogen-bond donors (Lipinski definition) is 0. The number of piperazine rings is 1. The third-order valence-corrected chi connectivity index (χ3v) is 6.74. The van der Waals surface area contributed by atoms with Gasteiger partial charge in [-0.25, -0.2) is 18.9 Å². The Kier molecular flexibility index (Phi) is 5.88. The highest BCUT2D eigenvalue weighted by atomic mass is 19.1. The van der Waals surface area contributed by atoms with Crippen LogP contribution in [0.3, 0.4) is 0 Å². The van der Waals surface area contributed by atoms with Crippen molar-refractivity contribution >= 4 is 11.6 Å². The maximum Gasteiger partial charge on any atom is 0.227 e. The number of benzene rings is 2. The summed E-state index contributed by atoms with van der Waals surface area (Å²) >= 11 is 0. The van der Waals surface area contributed by atoms with E-state index < -0.39 is 5.82 Å². The molecular weight excluding hydrogens is 419 g/mol. The van der Waals surface area contributed by atoms with Gasteiger partial charge in [0.05, 0.1) is 18.7 Å². The van der Waals surface area contributed by atoms with Crippen LogP contribution in [0.25, 0.3) is 10.5 Å². The standard InChI is InChI=1S/C25H25FN6O/c1-27-25-22-7-4-19(21(22)8-9-23(25)26)15-30-10-12-31(13-11-30)24(33)14-18-2-5-20(6-3-18)32-17-28-16-29-32/h2-3,5-6,8-9,16-17,19H,4,7,10-15H2. The molecule has 7 nitrogen and oxygen atoms in total. The van der Waals surface area contributed by atoms with Gasteiger partial charge in [-0.3, -0.25) is 9.69 Å². The number of nitrogens with zero attached hydrogens (tertiary/aromatic N) is 6. The Morgan fingerprint density at radius 2 is 1.91 bits per heavy atom. The zero-order valence-electron chi connectivity index (χ0n) is 18.3. The van der Waals surface area contributed by atoms with E-state index in [0.29, 0.717) is 25.4 Å². The molecule has 1 fully saturated rings. The Balaban J connectivity index is 1.14. The lowest BCUT2D eigenvalue weighted by Crippen LogP contribution is -2.49. The van der Waals surface area contributed by atoms with Crippen molar-refractivity contribution in [2.24, 2.45) is 0 Å². The van der Waals surface area contributed by atoms with Crippen LogP contribution >= 0.6 is 0 Å². The first-order valence-corrected chi connectivity index (χ1v) is 11.2. The van der Waals surface area contributed by atoms with Crippen molar-refractivity contribution < 1.29 is 9.18 Å². The van der Waals surface area contributed by atoms with E-state index in [1.807, 2.05) is 35.2 Å². The molecule has 1 unspecified atom stereocenters. The first-order valence-electron chi connectivity index (χ1n) is 11.2. The Hall–Kier alpha value is -3.57. The zero-order chi connectivity index (χ0) is 22.8. The summed E-state index contributed by atoms with van der Waals surface area (Å²) in [7, 11) is 0. The summed E-state index contributed by atoms with van der Waals surface area (Å²) in [4.78, 5) is 24.5. The average molecular weight is 445 g/mol. The molecule has 2 heterocycles. The molecule has 0 saturated carbocycles. The first-order chi connectivity index (χ1) is 16.1. The molecule has 33 heavy (non-hydrogen) atoms. The fourth-order valence-corrected chi connectivity index (χ4v) is 4.94. The smallest absolute Gasteiger partial charge is 0.227 e. The number of amides is 1. The van der Waals surface area contributed by atoms with Gasteiger partial charge in [0.2, 0.25) is 11.6 Å². The Morgan fingerprint density at radius 1 is 1.12 bits per heavy atom. The predicted molar refractivity (Wildman–Crippen MR) is 122 cm³/mol. The van der Waals surface area contributed by atoms with E-state index >= 15 is 0 Å². The van der Waals surface area contributed by atoms with Crippen LogP contribution in [0.1, 0.15) is 29.0 Å². The Morgan fingerprint density at radius 3 is 2.61 bits per heavy atom. The topological polar surface area (TPSA) is 58.6 Å². The third kappa shape index (κ3) is 4.37. The highest BCUT2D eigenvalue weighted by Gasteiger charge is 2.29. The number of aromatic nitrogens is 3. The molecule has 168 valence electrons. The molecule has 1 atom stereocenters. The molecule has 2 aromatic carbocycles. The van der Waals surface area contributed by atoms with E-state index in [-0.39, 0.29) is 11.6 Å². The summed E-state index contributed by atoms with van der Waals surface area (Å²) in [5.41, 5.74) is 4.10. The maximum atomic E-state index is 13.9. The lowest BCUT2D eigenvalue weighted by Gasteiger charge is -2.36. The third-order valence-electron chi connectivity index (χ3n) is 6.74. The maximum absolute atomic E-state index is 13.9. The SMILES string of the molecule is [C-]#[N+]c1c(F)ccc2c1CCC2CN1CCN(C(=O)Cc2ccc(-n3cncn3)cc2)CC1. The number of halogens is 1. The van der Waals surface area contributed by atoms with Crippen LogP contribution in [0.4, 0.5) is 10.1 Å². The molecule has 1 aliphatic heterocycles. The molecule has 1 aromatic heterocycles. The van der Waals surface area contributed by atoms with Crippen molar-refractivity contribution in [3.8, 4) is 5.69 Å². The van der Waals surface area contributed by atoms with Crippen LogP contribution in [0.15, 0.2) is 49.1 Å². The lowest BCUT2D eigenvalue weighted by molar-refractivity contribution is -0.132. The monoisotopic (exact) mass is 444 g/mol. The predicted octanol–water partition coefficient (Wildman–Crippen LogP) is 3.37. The molecule has 3 aromatic rings. The number of carbonyl (C=O) groups is 1. The molecule has 0 radical (unpaired) electrons. The van der Waals surface area contributed by atoms with Crippen LogP contribution in [0.2, 0.25) is 0 Å². The van der Waals surface area contributed by atoms with Crippen LogP contribution in [0, 0.1) is 12.4 Å². The second-order valence-corrected chi connectivity index (χ2v) is 8.68. The summed E-state index contributed by atoms with van der Waals surface area (Å²) in [6.07, 6.45) is 5.24. The highest BCUT2D eigenvalue weighted by molar-refractivity contribution is 5.79. The van der Waals surface area contributed by atoms with Crippen molar-refractivity contribution in [3.05, 3.63) is 83.0 Å². The van der Waals surface area contributed by atoms with E-state index in [9.17, 15) is 9.18 Å². The molecule has 1 saturated heterocycles. The number of carbonyl (C=O) groups excluding carboxylic acids is 1. The lowest BCUT2D eigenvalue weighted by atomic mass is 9.99. The molecule has 0 N–H and O–H groups in total. The molecule has 2 aliphatic rings. The van der Waals surface area contributed by atoms with Crippen molar-refractivity contribution in [1.29, 1.82) is 0 Å². The van der Waals surface area contributed by atoms with Gasteiger partial charge in [-0.15, -0.1) is 0 Å². The van der Waals surface area contributed by atoms with Crippen molar-refractivity contribution in [3.63, 3.8) is 0 Å². The second kappa shape index (κ2) is 9.12. The van der Waals surface area contributed by atoms with Gasteiger partial charge in [0.15, 0.2) is 0 Å². The minimum atomic E-state index is -0.412. The van der Waals surface area contributed by atoms with Gasteiger partial charge in [0, 0.05) is 32.7 Å². The van der Waals surface area contributed by atoms with Gasteiger partial charge < -0.3 is 4.90 Å². The first kappa shape index (κ1) is 21.3.